The lowest BCUT2D eigenvalue weighted by atomic mass is 10.0. The van der Waals surface area contributed by atoms with Gasteiger partial charge in [0, 0.05) is 6.54 Å². The van der Waals surface area contributed by atoms with Crippen molar-refractivity contribution in [1.82, 2.24) is 9.97 Å². The first-order valence-electron chi connectivity index (χ1n) is 6.33. The predicted molar refractivity (Wildman–Crippen MR) is 68.4 cm³/mol. The summed E-state index contributed by atoms with van der Waals surface area (Å²) in [5.41, 5.74) is 0.681. The number of carbonyl (C=O) groups excluding carboxylic acids is 1. The molecule has 0 bridgehead atoms. The number of nitrogens with zero attached hydrogens (tertiary/aromatic N) is 2. The summed E-state index contributed by atoms with van der Waals surface area (Å²) in [6, 6.07) is 0. The first kappa shape index (κ1) is 12.8. The van der Waals surface area contributed by atoms with E-state index in [2.05, 4.69) is 26.9 Å². The second-order valence-corrected chi connectivity index (χ2v) is 4.88. The average Bonchev–Trinajstić information content (AvgIpc) is 3.17. The van der Waals surface area contributed by atoms with Crippen molar-refractivity contribution < 1.29 is 9.53 Å². The molecular formula is C13H19N3O2. The Kier molecular flexibility index (Phi) is 3.79. The molecule has 1 aliphatic rings. The van der Waals surface area contributed by atoms with Crippen LogP contribution in [0.4, 0.5) is 5.82 Å². The zero-order valence-corrected chi connectivity index (χ0v) is 10.9. The first-order chi connectivity index (χ1) is 8.69. The lowest BCUT2D eigenvalue weighted by Gasteiger charge is -2.15. The summed E-state index contributed by atoms with van der Waals surface area (Å²) >= 11 is 0. The fourth-order valence-electron chi connectivity index (χ4n) is 2.15. The molecular weight excluding hydrogens is 230 g/mol. The van der Waals surface area contributed by atoms with Crippen molar-refractivity contribution >= 4 is 11.8 Å². The molecule has 1 heterocycles. The van der Waals surface area contributed by atoms with E-state index in [4.69, 9.17) is 0 Å². The summed E-state index contributed by atoms with van der Waals surface area (Å²) < 4.78 is 4.62. The molecule has 1 fully saturated rings. The van der Waals surface area contributed by atoms with Crippen LogP contribution in [0.2, 0.25) is 0 Å². The Hall–Kier alpha value is -1.65. The van der Waals surface area contributed by atoms with Crippen molar-refractivity contribution in [1.29, 1.82) is 0 Å². The monoisotopic (exact) mass is 249 g/mol. The van der Waals surface area contributed by atoms with Gasteiger partial charge in [-0.1, -0.05) is 13.3 Å². The number of methoxy groups -OCH3 is 1. The third-order valence-electron chi connectivity index (χ3n) is 3.41. The zero-order valence-electron chi connectivity index (χ0n) is 10.9. The Balaban J connectivity index is 1.95. The average molecular weight is 249 g/mol. The van der Waals surface area contributed by atoms with Crippen molar-refractivity contribution in [2.75, 3.05) is 19.0 Å². The smallest absolute Gasteiger partial charge is 0.358 e. The SMILES string of the molecule is CCCC1(CNc2cncc(C(=O)OC)n2)CC1. The van der Waals surface area contributed by atoms with Gasteiger partial charge in [0.1, 0.15) is 5.82 Å². The maximum Gasteiger partial charge on any atom is 0.358 e. The molecule has 0 unspecified atom stereocenters. The molecule has 18 heavy (non-hydrogen) atoms. The molecule has 1 aromatic rings. The maximum atomic E-state index is 11.3. The second kappa shape index (κ2) is 5.33. The van der Waals surface area contributed by atoms with Crippen molar-refractivity contribution in [3.8, 4) is 0 Å². The maximum absolute atomic E-state index is 11.3. The van der Waals surface area contributed by atoms with Crippen LogP contribution in [0, 0.1) is 5.41 Å². The molecule has 1 N–H and O–H groups in total. The molecule has 0 saturated heterocycles. The fraction of sp³-hybridized carbons (Fsp3) is 0.615. The third-order valence-corrected chi connectivity index (χ3v) is 3.41. The fourth-order valence-corrected chi connectivity index (χ4v) is 2.15. The van der Waals surface area contributed by atoms with Crippen molar-refractivity contribution in [3.63, 3.8) is 0 Å². The number of aromatic nitrogens is 2. The minimum atomic E-state index is -0.458. The predicted octanol–water partition coefficient (Wildman–Crippen LogP) is 2.26. The minimum absolute atomic E-state index is 0.239. The number of hydrogen-bond donors (Lipinski definition) is 1. The van der Waals surface area contributed by atoms with Gasteiger partial charge >= 0.3 is 5.97 Å². The highest BCUT2D eigenvalue weighted by Gasteiger charge is 2.41. The van der Waals surface area contributed by atoms with Gasteiger partial charge in [0.15, 0.2) is 5.69 Å². The van der Waals surface area contributed by atoms with Gasteiger partial charge in [-0.3, -0.25) is 4.98 Å². The van der Waals surface area contributed by atoms with E-state index in [-0.39, 0.29) is 5.69 Å². The number of hydrogen-bond acceptors (Lipinski definition) is 5. The van der Waals surface area contributed by atoms with Crippen molar-refractivity contribution in [2.24, 2.45) is 5.41 Å². The van der Waals surface area contributed by atoms with Gasteiger partial charge in [-0.05, 0) is 24.7 Å². The van der Waals surface area contributed by atoms with Gasteiger partial charge in [-0.15, -0.1) is 0 Å². The molecule has 0 amide bonds. The topological polar surface area (TPSA) is 64.1 Å². The molecule has 0 spiro atoms. The minimum Gasteiger partial charge on any atom is -0.464 e. The van der Waals surface area contributed by atoms with E-state index in [0.717, 1.165) is 6.54 Å². The first-order valence-corrected chi connectivity index (χ1v) is 6.33. The van der Waals surface area contributed by atoms with E-state index >= 15 is 0 Å². The molecule has 0 atom stereocenters. The Labute approximate surface area is 107 Å². The van der Waals surface area contributed by atoms with Gasteiger partial charge in [-0.25, -0.2) is 9.78 Å². The molecule has 1 aromatic heterocycles. The molecule has 2 rings (SSSR count). The number of nitrogens with one attached hydrogen (secondary N) is 1. The largest absolute Gasteiger partial charge is 0.464 e. The highest BCUT2D eigenvalue weighted by Crippen LogP contribution is 2.49. The van der Waals surface area contributed by atoms with E-state index in [1.54, 1.807) is 6.20 Å². The Morgan fingerprint density at radius 2 is 2.28 bits per heavy atom. The van der Waals surface area contributed by atoms with Gasteiger partial charge in [-0.2, -0.15) is 0 Å². The van der Waals surface area contributed by atoms with Crippen LogP contribution in [0.5, 0.6) is 0 Å². The number of ether oxygens (including phenoxy) is 1. The van der Waals surface area contributed by atoms with Gasteiger partial charge < -0.3 is 10.1 Å². The quantitative estimate of drug-likeness (QED) is 0.783. The van der Waals surface area contributed by atoms with Crippen LogP contribution in [-0.4, -0.2) is 29.6 Å². The van der Waals surface area contributed by atoms with Gasteiger partial charge in [0.2, 0.25) is 0 Å². The lowest BCUT2D eigenvalue weighted by Crippen LogP contribution is -2.17. The second-order valence-electron chi connectivity index (χ2n) is 4.88. The van der Waals surface area contributed by atoms with Gasteiger partial charge in [0.25, 0.3) is 0 Å². The third kappa shape index (κ3) is 2.97. The number of anilines is 1. The molecule has 1 aliphatic carbocycles. The molecule has 1 saturated carbocycles. The molecule has 98 valence electrons. The van der Waals surface area contributed by atoms with Crippen LogP contribution >= 0.6 is 0 Å². The van der Waals surface area contributed by atoms with Crippen LogP contribution in [0.25, 0.3) is 0 Å². The highest BCUT2D eigenvalue weighted by atomic mass is 16.5. The van der Waals surface area contributed by atoms with E-state index in [1.165, 1.54) is 39.0 Å². The Morgan fingerprint density at radius 1 is 1.50 bits per heavy atom. The summed E-state index contributed by atoms with van der Waals surface area (Å²) in [5, 5.41) is 3.27. The number of rotatable bonds is 6. The number of carbonyl (C=O) groups is 1. The molecule has 5 nitrogen and oxygen atoms in total. The lowest BCUT2D eigenvalue weighted by molar-refractivity contribution is 0.0593. The molecule has 0 aromatic carbocycles. The molecule has 5 heteroatoms. The summed E-state index contributed by atoms with van der Waals surface area (Å²) in [6.07, 6.45) is 8.04. The van der Waals surface area contributed by atoms with Crippen LogP contribution in [-0.2, 0) is 4.74 Å². The highest BCUT2D eigenvalue weighted by molar-refractivity contribution is 5.87. The van der Waals surface area contributed by atoms with Crippen LogP contribution in [0.15, 0.2) is 12.4 Å². The van der Waals surface area contributed by atoms with Crippen LogP contribution in [0.3, 0.4) is 0 Å². The summed E-state index contributed by atoms with van der Waals surface area (Å²) in [7, 11) is 1.34. The Morgan fingerprint density at radius 3 is 2.89 bits per heavy atom. The van der Waals surface area contributed by atoms with E-state index < -0.39 is 5.97 Å². The van der Waals surface area contributed by atoms with Crippen molar-refractivity contribution in [2.45, 2.75) is 32.6 Å². The molecule has 0 radical (unpaired) electrons. The van der Waals surface area contributed by atoms with E-state index in [1.807, 2.05) is 0 Å². The summed E-state index contributed by atoms with van der Waals surface area (Å²) in [4.78, 5) is 19.5. The van der Waals surface area contributed by atoms with E-state index in [9.17, 15) is 4.79 Å². The summed E-state index contributed by atoms with van der Waals surface area (Å²) in [5.74, 6) is 0.182. The summed E-state index contributed by atoms with van der Waals surface area (Å²) in [6.45, 7) is 3.11. The van der Waals surface area contributed by atoms with Crippen LogP contribution in [0.1, 0.15) is 43.1 Å². The molecule has 0 aliphatic heterocycles. The normalized spacial score (nSPS) is 16.1. The Bertz CT molecular complexity index is 430. The van der Waals surface area contributed by atoms with Gasteiger partial charge in [0.05, 0.1) is 19.5 Å². The van der Waals surface area contributed by atoms with Crippen LogP contribution < -0.4 is 5.32 Å². The zero-order chi connectivity index (χ0) is 13.0. The standard InChI is InChI=1S/C13H19N3O2/c1-3-4-13(5-6-13)9-15-11-8-14-7-10(16-11)12(17)18-2/h7-8H,3-6,9H2,1-2H3,(H,15,16). The van der Waals surface area contributed by atoms with Crippen molar-refractivity contribution in [3.05, 3.63) is 18.1 Å². The number of esters is 1. The van der Waals surface area contributed by atoms with E-state index in [0.29, 0.717) is 11.2 Å².